The van der Waals surface area contributed by atoms with Crippen LogP contribution in [-0.4, -0.2) is 21.4 Å². The Balaban J connectivity index is 1.81. The highest BCUT2D eigenvalue weighted by atomic mass is 19.4. The maximum absolute atomic E-state index is 13.3. The van der Waals surface area contributed by atoms with E-state index in [1.54, 1.807) is 0 Å². The van der Waals surface area contributed by atoms with Crippen molar-refractivity contribution in [3.05, 3.63) is 70.6 Å². The van der Waals surface area contributed by atoms with Crippen LogP contribution < -0.4 is 0 Å². The van der Waals surface area contributed by atoms with Crippen molar-refractivity contribution < 1.29 is 23.4 Å². The molecule has 1 heterocycles. The summed E-state index contributed by atoms with van der Waals surface area (Å²) in [6.45, 7) is 7.65. The van der Waals surface area contributed by atoms with Crippen LogP contribution in [-0.2, 0) is 6.42 Å². The van der Waals surface area contributed by atoms with Gasteiger partial charge in [0.2, 0.25) is 0 Å². The summed E-state index contributed by atoms with van der Waals surface area (Å²) in [7, 11) is 0. The molecule has 2 atom stereocenters. The van der Waals surface area contributed by atoms with E-state index in [2.05, 4.69) is 26.5 Å². The maximum Gasteiger partial charge on any atom is 0.416 e. The van der Waals surface area contributed by atoms with Gasteiger partial charge in [-0.3, -0.25) is 4.98 Å². The van der Waals surface area contributed by atoms with Crippen molar-refractivity contribution >= 4 is 5.57 Å². The van der Waals surface area contributed by atoms with Crippen molar-refractivity contribution in [1.82, 2.24) is 4.98 Å². The minimum absolute atomic E-state index is 0.0343. The molecule has 1 saturated carbocycles. The number of aliphatic hydroxyl groups is 2. The highest BCUT2D eigenvalue weighted by Crippen LogP contribution is 2.50. The van der Waals surface area contributed by atoms with E-state index in [0.717, 1.165) is 91.3 Å². The van der Waals surface area contributed by atoms with Gasteiger partial charge in [-0.15, -0.1) is 0 Å². The van der Waals surface area contributed by atoms with Crippen molar-refractivity contribution in [2.45, 2.75) is 95.9 Å². The monoisotopic (exact) mass is 487 g/mol. The fourth-order valence-corrected chi connectivity index (χ4v) is 5.72. The molecule has 4 rings (SSSR count). The minimum Gasteiger partial charge on any atom is -0.388 e. The van der Waals surface area contributed by atoms with Crippen LogP contribution in [0.5, 0.6) is 0 Å². The molecule has 0 saturated heterocycles. The first kappa shape index (κ1) is 25.9. The first-order valence-corrected chi connectivity index (χ1v) is 12.7. The second-order valence-electron chi connectivity index (χ2n) is 11.0. The number of aromatic nitrogens is 1. The summed E-state index contributed by atoms with van der Waals surface area (Å²) in [5, 5.41) is 22.7. The quantitative estimate of drug-likeness (QED) is 0.390. The number of hydrogen-bond donors (Lipinski definition) is 2. The highest BCUT2D eigenvalue weighted by Gasteiger charge is 2.39. The van der Waals surface area contributed by atoms with E-state index in [9.17, 15) is 23.4 Å². The lowest BCUT2D eigenvalue weighted by atomic mass is 9.70. The van der Waals surface area contributed by atoms with Gasteiger partial charge in [-0.25, -0.2) is 0 Å². The zero-order valence-electron chi connectivity index (χ0n) is 20.7. The Kier molecular flexibility index (Phi) is 7.44. The molecule has 0 aromatic carbocycles. The molecule has 35 heavy (non-hydrogen) atoms. The standard InChI is InChI=1S/C29H36F3NO2/c1-4-9-20(29(30,31)32)14-8-15-22(34)26-24(18-10-5-6-11-18)25-21(16-28(2,3)17-23(25)35)33-27(26)19-12-7-13-19/h4,8-10,14,19,22-23,34-35H,1,5-7,11-13,15-17H2,2-3H3/b14-8-,20-9+. The van der Waals surface area contributed by atoms with Gasteiger partial charge in [0, 0.05) is 22.7 Å². The molecule has 2 N–H and O–H groups in total. The Morgan fingerprint density at radius 2 is 2.03 bits per heavy atom. The van der Waals surface area contributed by atoms with Crippen molar-refractivity contribution in [2.24, 2.45) is 5.41 Å². The summed E-state index contributed by atoms with van der Waals surface area (Å²) >= 11 is 0. The Bertz CT molecular complexity index is 1060. The van der Waals surface area contributed by atoms with E-state index in [4.69, 9.17) is 4.98 Å². The Hall–Kier alpha value is -2.18. The van der Waals surface area contributed by atoms with Gasteiger partial charge in [0.25, 0.3) is 0 Å². The largest absolute Gasteiger partial charge is 0.416 e. The zero-order valence-corrected chi connectivity index (χ0v) is 20.7. The third-order valence-corrected chi connectivity index (χ3v) is 7.57. The first-order valence-electron chi connectivity index (χ1n) is 12.7. The summed E-state index contributed by atoms with van der Waals surface area (Å²) in [6, 6.07) is 0. The van der Waals surface area contributed by atoms with Gasteiger partial charge in [-0.05, 0) is 67.9 Å². The molecule has 3 aliphatic carbocycles. The number of rotatable bonds is 7. The van der Waals surface area contributed by atoms with Gasteiger partial charge in [0.15, 0.2) is 0 Å². The Morgan fingerprint density at radius 3 is 2.60 bits per heavy atom. The molecule has 1 aromatic heterocycles. The van der Waals surface area contributed by atoms with E-state index >= 15 is 0 Å². The molecule has 3 nitrogen and oxygen atoms in total. The average molecular weight is 488 g/mol. The van der Waals surface area contributed by atoms with Crippen LogP contribution in [0.2, 0.25) is 0 Å². The molecule has 6 heteroatoms. The Morgan fingerprint density at radius 1 is 1.29 bits per heavy atom. The predicted octanol–water partition coefficient (Wildman–Crippen LogP) is 7.58. The van der Waals surface area contributed by atoms with Crippen molar-refractivity contribution in [3.8, 4) is 0 Å². The molecule has 190 valence electrons. The second kappa shape index (κ2) is 10.1. The number of halogens is 3. The molecule has 2 unspecified atom stereocenters. The average Bonchev–Trinajstić information content (AvgIpc) is 3.23. The van der Waals surface area contributed by atoms with E-state index in [-0.39, 0.29) is 17.8 Å². The van der Waals surface area contributed by atoms with Gasteiger partial charge in [0.1, 0.15) is 0 Å². The van der Waals surface area contributed by atoms with Crippen LogP contribution in [0.1, 0.15) is 111 Å². The summed E-state index contributed by atoms with van der Waals surface area (Å²) in [4.78, 5) is 5.07. The molecule has 1 aromatic rings. The molecule has 1 fully saturated rings. The van der Waals surface area contributed by atoms with Crippen molar-refractivity contribution in [3.63, 3.8) is 0 Å². The van der Waals surface area contributed by atoms with Crippen LogP contribution in [0.3, 0.4) is 0 Å². The predicted molar refractivity (Wildman–Crippen MR) is 133 cm³/mol. The van der Waals surface area contributed by atoms with Gasteiger partial charge >= 0.3 is 6.18 Å². The van der Waals surface area contributed by atoms with Gasteiger partial charge in [0.05, 0.1) is 23.5 Å². The zero-order chi connectivity index (χ0) is 25.4. The smallest absolute Gasteiger partial charge is 0.388 e. The number of hydrogen-bond acceptors (Lipinski definition) is 3. The normalized spacial score (nSPS) is 23.7. The van der Waals surface area contributed by atoms with Crippen LogP contribution in [0.4, 0.5) is 13.2 Å². The first-order chi connectivity index (χ1) is 16.5. The summed E-state index contributed by atoms with van der Waals surface area (Å²) < 4.78 is 39.8. The number of pyridine rings is 1. The number of alkyl halides is 3. The van der Waals surface area contributed by atoms with Gasteiger partial charge < -0.3 is 10.2 Å². The van der Waals surface area contributed by atoms with Gasteiger partial charge in [-0.1, -0.05) is 57.2 Å². The van der Waals surface area contributed by atoms with E-state index in [0.29, 0.717) is 12.0 Å². The SMILES string of the molecule is C=C/C=C(\C=C/CC(O)c1c(C2CCC2)nc2c(c1C1=CCCC1)C(O)CC(C)(C)C2)C(F)(F)F. The fourth-order valence-electron chi connectivity index (χ4n) is 5.72. The topological polar surface area (TPSA) is 53.4 Å². The summed E-state index contributed by atoms with van der Waals surface area (Å²) in [5.74, 6) is 0.239. The lowest BCUT2D eigenvalue weighted by molar-refractivity contribution is -0.0882. The molecule has 0 spiro atoms. The number of aliphatic hydroxyl groups excluding tert-OH is 2. The number of allylic oxidation sites excluding steroid dienone is 6. The second-order valence-corrected chi connectivity index (χ2v) is 11.0. The summed E-state index contributed by atoms with van der Waals surface area (Å²) in [5.41, 5.74) is 4.48. The van der Waals surface area contributed by atoms with Crippen LogP contribution >= 0.6 is 0 Å². The highest BCUT2D eigenvalue weighted by molar-refractivity contribution is 5.75. The molecule has 0 amide bonds. The Labute approximate surface area is 206 Å². The number of nitrogens with zero attached hydrogens (tertiary/aromatic N) is 1. The maximum atomic E-state index is 13.3. The van der Waals surface area contributed by atoms with E-state index in [1.165, 1.54) is 6.08 Å². The lowest BCUT2D eigenvalue weighted by Gasteiger charge is -2.39. The van der Waals surface area contributed by atoms with Crippen LogP contribution in [0.25, 0.3) is 5.57 Å². The van der Waals surface area contributed by atoms with Gasteiger partial charge in [-0.2, -0.15) is 13.2 Å². The molecule has 3 aliphatic rings. The molecule has 0 aliphatic heterocycles. The molecular weight excluding hydrogens is 451 g/mol. The fraction of sp³-hybridized carbons (Fsp3) is 0.552. The molecule has 0 bridgehead atoms. The third-order valence-electron chi connectivity index (χ3n) is 7.57. The molecule has 0 radical (unpaired) electrons. The minimum atomic E-state index is -4.49. The van der Waals surface area contributed by atoms with E-state index in [1.807, 2.05) is 0 Å². The molecular formula is C29H36F3NO2. The van der Waals surface area contributed by atoms with Crippen molar-refractivity contribution in [2.75, 3.05) is 0 Å². The van der Waals surface area contributed by atoms with Crippen LogP contribution in [0, 0.1) is 5.41 Å². The lowest BCUT2D eigenvalue weighted by Crippen LogP contribution is -2.30. The number of fused-ring (bicyclic) bond motifs is 1. The summed E-state index contributed by atoms with van der Waals surface area (Å²) in [6.07, 6.45) is 7.77. The third kappa shape index (κ3) is 5.49. The van der Waals surface area contributed by atoms with E-state index < -0.39 is 24.0 Å². The van der Waals surface area contributed by atoms with Crippen molar-refractivity contribution in [1.29, 1.82) is 0 Å². The van der Waals surface area contributed by atoms with Crippen LogP contribution in [0.15, 0.2) is 42.5 Å².